The lowest BCUT2D eigenvalue weighted by molar-refractivity contribution is -0.0495. The molecular formula is C21H21F3N6O. The lowest BCUT2D eigenvalue weighted by Crippen LogP contribution is -2.23. The van der Waals surface area contributed by atoms with Gasteiger partial charge in [0, 0.05) is 35.9 Å². The second kappa shape index (κ2) is 7.29. The molecule has 4 aromatic rings. The number of nitrogens with zero attached hydrogens (tertiary/aromatic N) is 5. The van der Waals surface area contributed by atoms with Gasteiger partial charge in [0.25, 0.3) is 0 Å². The number of aromatic nitrogens is 5. The lowest BCUT2D eigenvalue weighted by atomic mass is 10.0. The van der Waals surface area contributed by atoms with Gasteiger partial charge in [0.15, 0.2) is 0 Å². The molecule has 10 heteroatoms. The molecule has 3 heterocycles. The van der Waals surface area contributed by atoms with Crippen molar-refractivity contribution in [2.45, 2.75) is 32.9 Å². The second-order valence-electron chi connectivity index (χ2n) is 8.17. The van der Waals surface area contributed by atoms with E-state index in [1.165, 1.54) is 0 Å². The first-order valence-corrected chi connectivity index (χ1v) is 9.47. The number of pyridine rings is 1. The summed E-state index contributed by atoms with van der Waals surface area (Å²) >= 11 is 0. The summed E-state index contributed by atoms with van der Waals surface area (Å²) in [6.07, 6.45) is 5.03. The average molecular weight is 430 g/mol. The highest BCUT2D eigenvalue weighted by Gasteiger charge is 2.24. The van der Waals surface area contributed by atoms with Gasteiger partial charge in [-0.25, -0.2) is 4.39 Å². The van der Waals surface area contributed by atoms with Crippen molar-refractivity contribution in [3.63, 3.8) is 0 Å². The van der Waals surface area contributed by atoms with E-state index in [0.29, 0.717) is 16.6 Å². The number of aryl methyl sites for hydroxylation is 1. The molecule has 4 rings (SSSR count). The molecule has 162 valence electrons. The third-order valence-electron chi connectivity index (χ3n) is 4.73. The van der Waals surface area contributed by atoms with Gasteiger partial charge < -0.3 is 10.5 Å². The van der Waals surface area contributed by atoms with Crippen LogP contribution in [-0.2, 0) is 12.6 Å². The minimum Gasteiger partial charge on any atom is -0.434 e. The summed E-state index contributed by atoms with van der Waals surface area (Å²) in [7, 11) is 1.79. The van der Waals surface area contributed by atoms with Crippen molar-refractivity contribution in [1.82, 2.24) is 24.5 Å². The van der Waals surface area contributed by atoms with E-state index in [-0.39, 0.29) is 28.2 Å². The zero-order valence-electron chi connectivity index (χ0n) is 17.4. The Kier molecular flexibility index (Phi) is 4.87. The number of nitrogen functional groups attached to an aromatic ring is 1. The van der Waals surface area contributed by atoms with E-state index in [9.17, 15) is 13.2 Å². The summed E-state index contributed by atoms with van der Waals surface area (Å²) in [5, 5.41) is 9.61. The standard InChI is InChI=1S/C21H21F3N6O/c1-21(2,3)30-16-9-26-15(7-13(16)19(28-30)11-8-27-29(4)10-11)18-14(22)5-12(25)6-17(18)31-20(23)24/h5-10,20H,25H2,1-4H3. The van der Waals surface area contributed by atoms with Crippen LogP contribution in [0.1, 0.15) is 20.8 Å². The molecule has 0 radical (unpaired) electrons. The number of halogens is 3. The fourth-order valence-corrected chi connectivity index (χ4v) is 3.46. The molecule has 0 aliphatic heterocycles. The zero-order chi connectivity index (χ0) is 22.5. The van der Waals surface area contributed by atoms with Gasteiger partial charge in [-0.05, 0) is 32.9 Å². The first kappa shape index (κ1) is 20.7. The maximum atomic E-state index is 14.8. The Labute approximate surface area is 176 Å². The molecule has 1 aromatic carbocycles. The van der Waals surface area contributed by atoms with E-state index in [0.717, 1.165) is 17.7 Å². The fraction of sp³-hybridized carbons (Fsp3) is 0.286. The van der Waals surface area contributed by atoms with Crippen molar-refractivity contribution in [3.8, 4) is 28.3 Å². The Balaban J connectivity index is 1.99. The van der Waals surface area contributed by atoms with Gasteiger partial charge in [-0.15, -0.1) is 0 Å². The zero-order valence-corrected chi connectivity index (χ0v) is 17.4. The van der Waals surface area contributed by atoms with Crippen molar-refractivity contribution in [2.75, 3.05) is 5.73 Å². The molecule has 0 unspecified atom stereocenters. The molecule has 0 amide bonds. The van der Waals surface area contributed by atoms with Crippen molar-refractivity contribution in [2.24, 2.45) is 7.05 Å². The predicted octanol–water partition coefficient (Wildman–Crippen LogP) is 4.58. The van der Waals surface area contributed by atoms with Crippen LogP contribution in [0.3, 0.4) is 0 Å². The summed E-state index contributed by atoms with van der Waals surface area (Å²) in [6.45, 7) is 2.84. The highest BCUT2D eigenvalue weighted by molar-refractivity contribution is 5.95. The van der Waals surface area contributed by atoms with Crippen LogP contribution in [0.25, 0.3) is 33.4 Å². The van der Waals surface area contributed by atoms with Crippen LogP contribution in [0, 0.1) is 5.82 Å². The van der Waals surface area contributed by atoms with E-state index in [1.54, 1.807) is 30.2 Å². The quantitative estimate of drug-likeness (QED) is 0.479. The molecule has 0 aliphatic carbocycles. The van der Waals surface area contributed by atoms with Crippen LogP contribution in [0.2, 0.25) is 0 Å². The first-order valence-electron chi connectivity index (χ1n) is 9.47. The minimum absolute atomic E-state index is 0.0328. The topological polar surface area (TPSA) is 83.8 Å². The molecule has 0 spiro atoms. The van der Waals surface area contributed by atoms with E-state index in [2.05, 4.69) is 14.8 Å². The minimum atomic E-state index is -3.14. The molecule has 0 saturated heterocycles. The largest absolute Gasteiger partial charge is 0.434 e. The highest BCUT2D eigenvalue weighted by Crippen LogP contribution is 2.38. The van der Waals surface area contributed by atoms with Crippen molar-refractivity contribution in [1.29, 1.82) is 0 Å². The molecular weight excluding hydrogens is 409 g/mol. The fourth-order valence-electron chi connectivity index (χ4n) is 3.46. The summed E-state index contributed by atoms with van der Waals surface area (Å²) in [6, 6.07) is 3.80. The van der Waals surface area contributed by atoms with Crippen molar-refractivity contribution in [3.05, 3.63) is 42.6 Å². The van der Waals surface area contributed by atoms with E-state index in [4.69, 9.17) is 10.8 Å². The van der Waals surface area contributed by atoms with Crippen LogP contribution in [-0.4, -0.2) is 31.2 Å². The maximum Gasteiger partial charge on any atom is 0.387 e. The van der Waals surface area contributed by atoms with Crippen molar-refractivity contribution < 1.29 is 17.9 Å². The number of hydrogen-bond donors (Lipinski definition) is 1. The van der Waals surface area contributed by atoms with Gasteiger partial charge in [-0.1, -0.05) is 0 Å². The normalized spacial score (nSPS) is 12.1. The number of nitrogens with two attached hydrogens (primary N) is 1. The Morgan fingerprint density at radius 1 is 1.13 bits per heavy atom. The van der Waals surface area contributed by atoms with E-state index in [1.807, 2.05) is 31.6 Å². The van der Waals surface area contributed by atoms with Gasteiger partial charge in [-0.2, -0.15) is 19.0 Å². The Morgan fingerprint density at radius 3 is 2.48 bits per heavy atom. The summed E-state index contributed by atoms with van der Waals surface area (Å²) in [5.41, 5.74) is 7.24. The summed E-state index contributed by atoms with van der Waals surface area (Å²) in [5.74, 6) is -1.20. The van der Waals surface area contributed by atoms with Gasteiger partial charge >= 0.3 is 6.61 Å². The lowest BCUT2D eigenvalue weighted by Gasteiger charge is -2.20. The molecule has 0 bridgehead atoms. The van der Waals surface area contributed by atoms with Gasteiger partial charge in [0.05, 0.1) is 34.7 Å². The number of anilines is 1. The van der Waals surface area contributed by atoms with Gasteiger partial charge in [0.1, 0.15) is 17.3 Å². The van der Waals surface area contributed by atoms with Gasteiger partial charge in [0.2, 0.25) is 0 Å². The second-order valence-corrected chi connectivity index (χ2v) is 8.17. The number of benzene rings is 1. The van der Waals surface area contributed by atoms with Crippen LogP contribution < -0.4 is 10.5 Å². The molecule has 0 fully saturated rings. The Morgan fingerprint density at radius 2 is 1.87 bits per heavy atom. The maximum absolute atomic E-state index is 14.8. The molecule has 31 heavy (non-hydrogen) atoms. The molecule has 0 saturated carbocycles. The van der Waals surface area contributed by atoms with Crippen LogP contribution in [0.15, 0.2) is 36.8 Å². The third kappa shape index (κ3) is 3.80. The third-order valence-corrected chi connectivity index (χ3v) is 4.73. The van der Waals surface area contributed by atoms with E-state index < -0.39 is 12.4 Å². The smallest absolute Gasteiger partial charge is 0.387 e. The average Bonchev–Trinajstić information content (AvgIpc) is 3.23. The molecule has 3 aromatic heterocycles. The van der Waals surface area contributed by atoms with Gasteiger partial charge in [-0.3, -0.25) is 14.3 Å². The number of rotatable bonds is 4. The Bertz CT molecular complexity index is 1270. The predicted molar refractivity (Wildman–Crippen MR) is 111 cm³/mol. The number of ether oxygens (including phenoxy) is 1. The summed E-state index contributed by atoms with van der Waals surface area (Å²) < 4.78 is 48.6. The monoisotopic (exact) mass is 430 g/mol. The van der Waals surface area contributed by atoms with E-state index >= 15 is 0 Å². The number of hydrogen-bond acceptors (Lipinski definition) is 5. The summed E-state index contributed by atoms with van der Waals surface area (Å²) in [4.78, 5) is 4.33. The van der Waals surface area contributed by atoms with Crippen LogP contribution >= 0.6 is 0 Å². The SMILES string of the molecule is Cn1cc(-c2nn(C(C)(C)C)c3cnc(-c4c(F)cc(N)cc4OC(F)F)cc23)cn1. The van der Waals surface area contributed by atoms with Crippen molar-refractivity contribution >= 4 is 16.6 Å². The van der Waals surface area contributed by atoms with Crippen LogP contribution in [0.4, 0.5) is 18.9 Å². The molecule has 0 aliphatic rings. The molecule has 0 atom stereocenters. The number of alkyl halides is 2. The number of fused-ring (bicyclic) bond motifs is 1. The first-order chi connectivity index (χ1) is 14.5. The molecule has 7 nitrogen and oxygen atoms in total. The van der Waals surface area contributed by atoms with Crippen LogP contribution in [0.5, 0.6) is 5.75 Å². The Hall–Kier alpha value is -3.56. The molecule has 2 N–H and O–H groups in total. The highest BCUT2D eigenvalue weighted by atomic mass is 19.3.